The second-order valence-electron chi connectivity index (χ2n) is 9.76. The molecule has 0 radical (unpaired) electrons. The molecule has 7 nitrogen and oxygen atoms in total. The molecule has 2 aliphatic carbocycles. The molecule has 35 heavy (non-hydrogen) atoms. The number of pyridine rings is 2. The monoisotopic (exact) mass is 490 g/mol. The number of rotatable bonds is 5. The van der Waals surface area contributed by atoms with Gasteiger partial charge >= 0.3 is 0 Å². The molecule has 3 aromatic heterocycles. The summed E-state index contributed by atoms with van der Waals surface area (Å²) < 4.78 is 20.5. The number of fused-ring (bicyclic) bond motifs is 2. The van der Waals surface area contributed by atoms with Gasteiger partial charge in [0.1, 0.15) is 17.5 Å². The zero-order valence-electron chi connectivity index (χ0n) is 19.0. The summed E-state index contributed by atoms with van der Waals surface area (Å²) >= 11 is 1.53. The first-order valence-corrected chi connectivity index (χ1v) is 12.4. The van der Waals surface area contributed by atoms with E-state index in [2.05, 4.69) is 15.3 Å². The van der Waals surface area contributed by atoms with E-state index in [4.69, 9.17) is 10.5 Å². The van der Waals surface area contributed by atoms with Crippen molar-refractivity contribution in [3.8, 4) is 5.88 Å². The fourth-order valence-corrected chi connectivity index (χ4v) is 6.31. The number of benzene rings is 1. The number of carbonyl (C=O) groups is 2. The molecule has 4 aromatic rings. The Morgan fingerprint density at radius 2 is 2.00 bits per heavy atom. The lowest BCUT2D eigenvalue weighted by atomic mass is 9.53. The summed E-state index contributed by atoms with van der Waals surface area (Å²) in [4.78, 5) is 33.5. The molecule has 3 heterocycles. The number of aryl methyl sites for hydroxylation is 1. The topological polar surface area (TPSA) is 107 Å². The van der Waals surface area contributed by atoms with Crippen molar-refractivity contribution in [1.82, 2.24) is 15.3 Å². The Labute approximate surface area is 204 Å². The van der Waals surface area contributed by atoms with Crippen LogP contribution >= 0.6 is 11.3 Å². The molecule has 0 saturated heterocycles. The van der Waals surface area contributed by atoms with E-state index < -0.39 is 5.91 Å². The molecule has 0 bridgehead atoms. The predicted octanol–water partition coefficient (Wildman–Crippen LogP) is 4.51. The first-order valence-electron chi connectivity index (χ1n) is 11.5. The zero-order valence-corrected chi connectivity index (χ0v) is 19.8. The van der Waals surface area contributed by atoms with Crippen LogP contribution < -0.4 is 15.8 Å². The number of primary amides is 1. The van der Waals surface area contributed by atoms with Crippen LogP contribution in [0.25, 0.3) is 21.1 Å². The Morgan fingerprint density at radius 1 is 1.20 bits per heavy atom. The summed E-state index contributed by atoms with van der Waals surface area (Å²) in [7, 11) is 0. The minimum Gasteiger partial charge on any atom is -0.474 e. The number of thiophene rings is 1. The number of ether oxygens (including phenoxy) is 1. The third-order valence-electron chi connectivity index (χ3n) is 7.15. The van der Waals surface area contributed by atoms with Gasteiger partial charge in [0.15, 0.2) is 0 Å². The quantitative estimate of drug-likeness (QED) is 0.428. The number of nitrogens with two attached hydrogens (primary N) is 1. The van der Waals surface area contributed by atoms with Crippen molar-refractivity contribution in [1.29, 1.82) is 0 Å². The van der Waals surface area contributed by atoms with Crippen LogP contribution in [0.15, 0.2) is 41.9 Å². The molecule has 9 heteroatoms. The number of nitrogens with one attached hydrogen (secondary N) is 1. The van der Waals surface area contributed by atoms with Gasteiger partial charge in [0.25, 0.3) is 11.8 Å². The lowest BCUT2D eigenvalue weighted by molar-refractivity contribution is -0.0847. The van der Waals surface area contributed by atoms with E-state index >= 15 is 0 Å². The van der Waals surface area contributed by atoms with Gasteiger partial charge in [-0.25, -0.2) is 9.37 Å². The fourth-order valence-electron chi connectivity index (χ4n) is 5.39. The highest BCUT2D eigenvalue weighted by Gasteiger charge is 2.54. The Kier molecular flexibility index (Phi) is 5.00. The van der Waals surface area contributed by atoms with Gasteiger partial charge in [0.2, 0.25) is 5.88 Å². The number of hydrogen-bond acceptors (Lipinski definition) is 6. The molecule has 0 atom stereocenters. The number of aromatic nitrogens is 2. The van der Waals surface area contributed by atoms with Crippen LogP contribution in [0, 0.1) is 18.2 Å². The highest BCUT2D eigenvalue weighted by Crippen LogP contribution is 2.57. The average Bonchev–Trinajstić information content (AvgIpc) is 3.14. The van der Waals surface area contributed by atoms with Gasteiger partial charge in [-0.05, 0) is 79.3 Å². The van der Waals surface area contributed by atoms with E-state index in [-0.39, 0.29) is 29.3 Å². The molecule has 1 spiro atoms. The van der Waals surface area contributed by atoms with Crippen molar-refractivity contribution < 1.29 is 18.7 Å². The maximum absolute atomic E-state index is 13.5. The van der Waals surface area contributed by atoms with Gasteiger partial charge < -0.3 is 15.8 Å². The summed E-state index contributed by atoms with van der Waals surface area (Å²) in [6, 6.07) is 7.83. The standard InChI is InChI=1S/C26H23FN4O3S/c1-13-12-35-21-6-19(23(28)32)25(31-22(13)21)34-18-9-26(10-18)7-17(8-26)30-24(33)15-4-14-5-16(27)2-3-20(14)29-11-15/h2-6,11-12,17-18H,7-10H2,1H3,(H2,28,32)(H,30,33). The highest BCUT2D eigenvalue weighted by molar-refractivity contribution is 7.17. The van der Waals surface area contributed by atoms with Crippen molar-refractivity contribution in [3.63, 3.8) is 0 Å². The molecule has 1 aromatic carbocycles. The van der Waals surface area contributed by atoms with Crippen molar-refractivity contribution in [2.45, 2.75) is 44.8 Å². The Bertz CT molecular complexity index is 1500. The van der Waals surface area contributed by atoms with Gasteiger partial charge in [-0.3, -0.25) is 14.6 Å². The van der Waals surface area contributed by atoms with E-state index in [1.165, 1.54) is 29.7 Å². The summed E-state index contributed by atoms with van der Waals surface area (Å²) in [6.07, 6.45) is 4.91. The Balaban J connectivity index is 1.07. The molecule has 6 rings (SSSR count). The van der Waals surface area contributed by atoms with E-state index in [0.29, 0.717) is 27.9 Å². The molecule has 178 valence electrons. The van der Waals surface area contributed by atoms with Crippen molar-refractivity contribution >= 4 is 44.3 Å². The van der Waals surface area contributed by atoms with Crippen molar-refractivity contribution in [2.75, 3.05) is 0 Å². The normalized spacial score (nSPS) is 23.1. The predicted molar refractivity (Wildman–Crippen MR) is 131 cm³/mol. The van der Waals surface area contributed by atoms with Crippen LogP contribution in [0.3, 0.4) is 0 Å². The molecule has 0 unspecified atom stereocenters. The number of hydrogen-bond donors (Lipinski definition) is 2. The number of nitrogens with zero attached hydrogens (tertiary/aromatic N) is 2. The largest absolute Gasteiger partial charge is 0.474 e. The highest BCUT2D eigenvalue weighted by atomic mass is 32.1. The Morgan fingerprint density at radius 3 is 2.77 bits per heavy atom. The average molecular weight is 491 g/mol. The molecular formula is C26H23FN4O3S. The van der Waals surface area contributed by atoms with E-state index in [1.54, 1.807) is 18.2 Å². The van der Waals surface area contributed by atoms with E-state index in [9.17, 15) is 14.0 Å². The van der Waals surface area contributed by atoms with Crippen LogP contribution in [0.2, 0.25) is 0 Å². The maximum Gasteiger partial charge on any atom is 0.254 e. The molecule has 0 aliphatic heterocycles. The van der Waals surface area contributed by atoms with Crippen LogP contribution in [0.5, 0.6) is 5.88 Å². The molecule has 2 aliphatic rings. The van der Waals surface area contributed by atoms with Crippen molar-refractivity contribution in [2.24, 2.45) is 11.1 Å². The number of amides is 2. The van der Waals surface area contributed by atoms with Crippen LogP contribution in [0.4, 0.5) is 4.39 Å². The lowest BCUT2D eigenvalue weighted by Gasteiger charge is -2.57. The molecule has 3 N–H and O–H groups in total. The summed E-state index contributed by atoms with van der Waals surface area (Å²) in [6.45, 7) is 1.98. The summed E-state index contributed by atoms with van der Waals surface area (Å²) in [5.74, 6) is -0.809. The third-order valence-corrected chi connectivity index (χ3v) is 8.19. The van der Waals surface area contributed by atoms with Crippen molar-refractivity contribution in [3.05, 3.63) is 64.4 Å². The number of halogens is 1. The van der Waals surface area contributed by atoms with Gasteiger partial charge in [0.05, 0.1) is 21.3 Å². The first kappa shape index (κ1) is 21.9. The molecule has 2 fully saturated rings. The zero-order chi connectivity index (χ0) is 24.3. The van der Waals surface area contributed by atoms with Crippen LogP contribution in [0.1, 0.15) is 52.0 Å². The van der Waals surface area contributed by atoms with Gasteiger partial charge in [-0.2, -0.15) is 0 Å². The third kappa shape index (κ3) is 3.89. The summed E-state index contributed by atoms with van der Waals surface area (Å²) in [5.41, 5.74) is 8.96. The summed E-state index contributed by atoms with van der Waals surface area (Å²) in [5, 5.41) is 5.66. The number of carbonyl (C=O) groups excluding carboxylic acids is 2. The van der Waals surface area contributed by atoms with Gasteiger partial charge in [-0.1, -0.05) is 0 Å². The lowest BCUT2D eigenvalue weighted by Crippen LogP contribution is -2.58. The second-order valence-corrected chi connectivity index (χ2v) is 10.7. The van der Waals surface area contributed by atoms with E-state index in [0.717, 1.165) is 41.5 Å². The SMILES string of the molecule is Cc1csc2cc(C(N)=O)c(OC3CC4(CC(NC(=O)c5cnc6ccc(F)cc6c5)C4)C3)nc12. The molecule has 2 amide bonds. The smallest absolute Gasteiger partial charge is 0.254 e. The van der Waals surface area contributed by atoms with Crippen LogP contribution in [-0.4, -0.2) is 33.9 Å². The van der Waals surface area contributed by atoms with Crippen LogP contribution in [-0.2, 0) is 0 Å². The molecular weight excluding hydrogens is 467 g/mol. The van der Waals surface area contributed by atoms with Gasteiger partial charge in [0, 0.05) is 17.6 Å². The Hall–Kier alpha value is -3.59. The minimum absolute atomic E-state index is 0.0340. The second kappa shape index (κ2) is 7.98. The molecule has 2 saturated carbocycles. The maximum atomic E-state index is 13.5. The van der Waals surface area contributed by atoms with E-state index in [1.807, 2.05) is 12.3 Å². The fraction of sp³-hybridized carbons (Fsp3) is 0.308. The van der Waals surface area contributed by atoms with Gasteiger partial charge in [-0.15, -0.1) is 11.3 Å². The minimum atomic E-state index is -0.549. The first-order chi connectivity index (χ1) is 16.8.